The summed E-state index contributed by atoms with van der Waals surface area (Å²) in [5.41, 5.74) is 2.91. The van der Waals surface area contributed by atoms with Gasteiger partial charge in [0.05, 0.1) is 7.11 Å². The summed E-state index contributed by atoms with van der Waals surface area (Å²) in [5.74, 6) is -0.548. The van der Waals surface area contributed by atoms with E-state index in [1.54, 1.807) is 7.11 Å². The molecule has 30 heavy (non-hydrogen) atoms. The zero-order valence-electron chi connectivity index (χ0n) is 18.4. The van der Waals surface area contributed by atoms with E-state index in [0.717, 1.165) is 49.1 Å². The minimum Gasteiger partial charge on any atom is -0.496 e. The molecule has 1 aromatic carbocycles. The Labute approximate surface area is 178 Å². The first-order chi connectivity index (χ1) is 14.3. The van der Waals surface area contributed by atoms with Crippen LogP contribution in [0.1, 0.15) is 70.8 Å². The third-order valence-electron chi connectivity index (χ3n) is 6.62. The van der Waals surface area contributed by atoms with Gasteiger partial charge in [-0.15, -0.1) is 0 Å². The lowest BCUT2D eigenvalue weighted by Gasteiger charge is -2.39. The van der Waals surface area contributed by atoms with E-state index in [0.29, 0.717) is 17.7 Å². The highest BCUT2D eigenvalue weighted by Gasteiger charge is 2.47. The van der Waals surface area contributed by atoms with E-state index < -0.39 is 11.8 Å². The largest absolute Gasteiger partial charge is 0.496 e. The van der Waals surface area contributed by atoms with Crippen molar-refractivity contribution in [1.82, 2.24) is 0 Å². The van der Waals surface area contributed by atoms with Crippen LogP contribution in [0.2, 0.25) is 0 Å². The number of esters is 1. The maximum Gasteiger partial charge on any atom is 0.315 e. The van der Waals surface area contributed by atoms with Crippen molar-refractivity contribution in [3.05, 3.63) is 41.1 Å². The number of para-hydroxylation sites is 1. The Kier molecular flexibility index (Phi) is 5.56. The van der Waals surface area contributed by atoms with Crippen molar-refractivity contribution in [2.75, 3.05) is 7.11 Å². The molecular weight excluding hydrogens is 378 g/mol. The van der Waals surface area contributed by atoms with Gasteiger partial charge in [0.15, 0.2) is 5.78 Å². The Bertz CT molecular complexity index is 921. The minimum absolute atomic E-state index is 0.0278. The van der Waals surface area contributed by atoms with Gasteiger partial charge >= 0.3 is 5.97 Å². The smallest absolute Gasteiger partial charge is 0.315 e. The monoisotopic (exact) mass is 409 g/mol. The number of carbonyl (C=O) groups is 2. The number of aliphatic imine (C=N–C) groups is 1. The van der Waals surface area contributed by atoms with Crippen LogP contribution in [0.5, 0.6) is 5.75 Å². The topological polar surface area (TPSA) is 65.0 Å². The van der Waals surface area contributed by atoms with Gasteiger partial charge in [0.1, 0.15) is 17.8 Å². The zero-order chi connectivity index (χ0) is 21.5. The second-order valence-electron chi connectivity index (χ2n) is 9.60. The van der Waals surface area contributed by atoms with Crippen LogP contribution in [-0.4, -0.2) is 30.7 Å². The van der Waals surface area contributed by atoms with Crippen molar-refractivity contribution in [1.29, 1.82) is 0 Å². The lowest BCUT2D eigenvalue weighted by Crippen LogP contribution is -2.40. The predicted molar refractivity (Wildman–Crippen MR) is 116 cm³/mol. The molecule has 0 amide bonds. The molecule has 4 rings (SSSR count). The van der Waals surface area contributed by atoms with Gasteiger partial charge in [-0.25, -0.2) is 0 Å². The summed E-state index contributed by atoms with van der Waals surface area (Å²) in [7, 11) is 1.62. The second-order valence-corrected chi connectivity index (χ2v) is 9.60. The molecule has 0 spiro atoms. The van der Waals surface area contributed by atoms with Crippen LogP contribution < -0.4 is 4.74 Å². The number of nitrogens with zero attached hydrogens (tertiary/aromatic N) is 1. The second kappa shape index (κ2) is 8.01. The summed E-state index contributed by atoms with van der Waals surface area (Å²) >= 11 is 0. The number of benzene rings is 1. The molecular formula is C25H31NO4. The number of carbonyl (C=O) groups excluding carboxylic acids is 2. The first-order valence-corrected chi connectivity index (χ1v) is 11.0. The first kappa shape index (κ1) is 20.8. The van der Waals surface area contributed by atoms with Crippen molar-refractivity contribution in [2.45, 2.75) is 71.3 Å². The number of hydrogen-bond donors (Lipinski definition) is 0. The third-order valence-corrected chi connectivity index (χ3v) is 6.62. The van der Waals surface area contributed by atoms with Crippen LogP contribution >= 0.6 is 0 Å². The molecule has 1 aliphatic heterocycles. The van der Waals surface area contributed by atoms with Crippen molar-refractivity contribution in [3.63, 3.8) is 0 Å². The lowest BCUT2D eigenvalue weighted by atomic mass is 9.66. The van der Waals surface area contributed by atoms with Crippen molar-refractivity contribution < 1.29 is 19.1 Å². The molecule has 1 heterocycles. The Morgan fingerprint density at radius 3 is 2.53 bits per heavy atom. The van der Waals surface area contributed by atoms with E-state index >= 15 is 0 Å². The van der Waals surface area contributed by atoms with Crippen molar-refractivity contribution >= 4 is 17.5 Å². The van der Waals surface area contributed by atoms with Gasteiger partial charge in [-0.1, -0.05) is 32.0 Å². The molecule has 5 nitrogen and oxygen atoms in total. The predicted octanol–water partition coefficient (Wildman–Crippen LogP) is 5.00. The molecule has 3 aliphatic rings. The van der Waals surface area contributed by atoms with Crippen LogP contribution in [0.25, 0.3) is 0 Å². The fourth-order valence-corrected chi connectivity index (χ4v) is 5.25. The van der Waals surface area contributed by atoms with Crippen LogP contribution in [0, 0.1) is 11.3 Å². The quantitative estimate of drug-likeness (QED) is 0.657. The number of methoxy groups -OCH3 is 1. The van der Waals surface area contributed by atoms with Gasteiger partial charge < -0.3 is 9.47 Å². The number of ether oxygens (including phenoxy) is 2. The van der Waals surface area contributed by atoms with E-state index in [-0.39, 0.29) is 23.3 Å². The number of allylic oxidation sites excluding steroid dienone is 2. The van der Waals surface area contributed by atoms with Gasteiger partial charge in [-0.05, 0) is 50.5 Å². The maximum absolute atomic E-state index is 13.4. The van der Waals surface area contributed by atoms with Gasteiger partial charge in [0.25, 0.3) is 0 Å². The molecule has 2 aliphatic carbocycles. The molecule has 0 saturated heterocycles. The van der Waals surface area contributed by atoms with Gasteiger partial charge in [0, 0.05) is 34.9 Å². The molecule has 1 unspecified atom stereocenters. The average molecular weight is 410 g/mol. The number of rotatable bonds is 4. The Balaban J connectivity index is 1.81. The summed E-state index contributed by atoms with van der Waals surface area (Å²) in [6.07, 6.45) is 5.16. The molecule has 5 heteroatoms. The highest BCUT2D eigenvalue weighted by Crippen LogP contribution is 2.49. The molecule has 0 aromatic heterocycles. The summed E-state index contributed by atoms with van der Waals surface area (Å²) in [6, 6.07) is 7.66. The van der Waals surface area contributed by atoms with Crippen LogP contribution in [0.3, 0.4) is 0 Å². The normalized spacial score (nSPS) is 26.3. The molecule has 0 bridgehead atoms. The molecule has 1 aromatic rings. The van der Waals surface area contributed by atoms with Gasteiger partial charge in [-0.2, -0.15) is 0 Å². The Hall–Kier alpha value is -2.43. The van der Waals surface area contributed by atoms with E-state index in [2.05, 4.69) is 13.8 Å². The summed E-state index contributed by atoms with van der Waals surface area (Å²) in [4.78, 5) is 31.5. The Morgan fingerprint density at radius 2 is 1.83 bits per heavy atom. The van der Waals surface area contributed by atoms with Crippen molar-refractivity contribution in [2.24, 2.45) is 16.3 Å². The third kappa shape index (κ3) is 3.82. The molecule has 1 saturated carbocycles. The maximum atomic E-state index is 13.4. The van der Waals surface area contributed by atoms with E-state index in [9.17, 15) is 9.59 Å². The highest BCUT2D eigenvalue weighted by atomic mass is 16.5. The van der Waals surface area contributed by atoms with Gasteiger partial charge in [0.2, 0.25) is 0 Å². The summed E-state index contributed by atoms with van der Waals surface area (Å²) in [6.45, 7) is 6.08. The molecule has 160 valence electrons. The van der Waals surface area contributed by atoms with E-state index in [1.807, 2.05) is 31.2 Å². The van der Waals surface area contributed by atoms with Crippen LogP contribution in [0.4, 0.5) is 0 Å². The average Bonchev–Trinajstić information content (AvgIpc) is 3.18. The molecule has 2 atom stereocenters. The highest BCUT2D eigenvalue weighted by molar-refractivity contribution is 6.09. The molecule has 0 radical (unpaired) electrons. The van der Waals surface area contributed by atoms with E-state index in [4.69, 9.17) is 14.5 Å². The number of ketones is 1. The first-order valence-electron chi connectivity index (χ1n) is 11.0. The summed E-state index contributed by atoms with van der Waals surface area (Å²) < 4.78 is 11.5. The minimum atomic E-state index is -0.606. The number of hydrogen-bond acceptors (Lipinski definition) is 5. The number of Topliss-reactive ketones (excluding diaryl/α,β-unsaturated/α-hetero) is 1. The van der Waals surface area contributed by atoms with Crippen molar-refractivity contribution in [3.8, 4) is 5.75 Å². The van der Waals surface area contributed by atoms with Gasteiger partial charge in [-0.3, -0.25) is 14.6 Å². The molecule has 1 fully saturated rings. The fraction of sp³-hybridized carbons (Fsp3) is 0.560. The lowest BCUT2D eigenvalue weighted by molar-refractivity contribution is -0.151. The van der Waals surface area contributed by atoms with Crippen LogP contribution in [0.15, 0.2) is 40.5 Å². The van der Waals surface area contributed by atoms with E-state index in [1.165, 1.54) is 0 Å². The fourth-order valence-electron chi connectivity index (χ4n) is 5.25. The zero-order valence-corrected chi connectivity index (χ0v) is 18.4. The Morgan fingerprint density at radius 1 is 1.13 bits per heavy atom. The molecule has 0 N–H and O–H groups in total. The standard InChI is InChI=1S/C25H31NO4/c1-15-21(24(28)30-16-9-5-6-10-16)22(17-11-7-8-12-20(17)29-4)23-18(26-15)13-25(2,3)14-19(23)27/h7-8,11-12,16,21-22H,5-6,9-10,13-14H2,1-4H3/t21?,22-/m1/s1. The SMILES string of the molecule is COc1ccccc1[C@H]1C2=C(CC(C)(C)CC2=O)N=C(C)C1C(=O)OC1CCCC1. The summed E-state index contributed by atoms with van der Waals surface area (Å²) in [5, 5.41) is 0. The van der Waals surface area contributed by atoms with Crippen LogP contribution in [-0.2, 0) is 14.3 Å².